The van der Waals surface area contributed by atoms with Crippen LogP contribution in [0.5, 0.6) is 5.75 Å². The lowest BCUT2D eigenvalue weighted by molar-refractivity contribution is 0.457. The zero-order valence-corrected chi connectivity index (χ0v) is 10.9. The summed E-state index contributed by atoms with van der Waals surface area (Å²) in [6.45, 7) is 0.572. The third-order valence-corrected chi connectivity index (χ3v) is 2.68. The van der Waals surface area contributed by atoms with Gasteiger partial charge in [-0.3, -0.25) is 0 Å². The molecule has 0 bridgehead atoms. The Morgan fingerprint density at radius 1 is 1.31 bits per heavy atom. The zero-order chi connectivity index (χ0) is 11.4. The Kier molecular flexibility index (Phi) is 7.11. The van der Waals surface area contributed by atoms with Gasteiger partial charge in [0.2, 0.25) is 0 Å². The van der Waals surface area contributed by atoms with Gasteiger partial charge in [0.05, 0.1) is 5.02 Å². The van der Waals surface area contributed by atoms with Gasteiger partial charge in [-0.1, -0.05) is 23.2 Å². The van der Waals surface area contributed by atoms with Gasteiger partial charge in [0.1, 0.15) is 5.75 Å². The van der Waals surface area contributed by atoms with E-state index >= 15 is 0 Å². The van der Waals surface area contributed by atoms with Gasteiger partial charge in [0.15, 0.2) is 0 Å². The predicted octanol–water partition coefficient (Wildman–Crippen LogP) is 2.86. The quantitative estimate of drug-likeness (QED) is 0.796. The summed E-state index contributed by atoms with van der Waals surface area (Å²) in [6, 6.07) is 2.83. The van der Waals surface area contributed by atoms with Gasteiger partial charge in [-0.05, 0) is 31.5 Å². The molecule has 0 amide bonds. The Morgan fingerprint density at radius 2 is 1.94 bits per heavy atom. The van der Waals surface area contributed by atoms with E-state index in [0.29, 0.717) is 23.6 Å². The maximum atomic E-state index is 9.69. The molecule has 0 aliphatic carbocycles. The summed E-state index contributed by atoms with van der Waals surface area (Å²) in [5.74, 6) is 0.00517. The monoisotopic (exact) mass is 284 g/mol. The van der Waals surface area contributed by atoms with E-state index in [9.17, 15) is 5.11 Å². The van der Waals surface area contributed by atoms with Crippen LogP contribution in [-0.4, -0.2) is 11.7 Å². The Labute approximate surface area is 111 Å². The number of rotatable bonds is 4. The van der Waals surface area contributed by atoms with Crippen molar-refractivity contribution in [3.63, 3.8) is 0 Å². The second-order valence-corrected chi connectivity index (χ2v) is 4.21. The van der Waals surface area contributed by atoms with E-state index in [0.717, 1.165) is 6.42 Å². The summed E-state index contributed by atoms with van der Waals surface area (Å²) in [4.78, 5) is 0. The molecule has 0 saturated heterocycles. The van der Waals surface area contributed by atoms with Crippen LogP contribution in [0, 0.1) is 0 Å². The fourth-order valence-electron chi connectivity index (χ4n) is 1.36. The number of benzene rings is 1. The van der Waals surface area contributed by atoms with Crippen LogP contribution in [0.3, 0.4) is 0 Å². The van der Waals surface area contributed by atoms with Crippen molar-refractivity contribution in [1.29, 1.82) is 0 Å². The summed E-state index contributed by atoms with van der Waals surface area (Å²) in [6.07, 6.45) is 1.49. The molecule has 1 aromatic rings. The lowest BCUT2D eigenvalue weighted by Crippen LogP contribution is -2.12. The molecule has 0 aliphatic rings. The van der Waals surface area contributed by atoms with Crippen LogP contribution in [-0.2, 0) is 0 Å². The highest BCUT2D eigenvalue weighted by Gasteiger charge is 2.14. The molecule has 1 atom stereocenters. The Balaban J connectivity index is 0.00000225. The van der Waals surface area contributed by atoms with Gasteiger partial charge in [-0.2, -0.15) is 0 Å². The van der Waals surface area contributed by atoms with Crippen molar-refractivity contribution in [3.05, 3.63) is 27.7 Å². The number of hydrogen-bond donors (Lipinski definition) is 3. The summed E-state index contributed by atoms with van der Waals surface area (Å²) < 4.78 is 0. The number of phenolic OH excluding ortho intramolecular Hbond substituents is 1. The third-order valence-electron chi connectivity index (χ3n) is 2.18. The summed E-state index contributed by atoms with van der Waals surface area (Å²) in [5.41, 5.74) is 11.8. The zero-order valence-electron chi connectivity index (χ0n) is 8.62. The second kappa shape index (κ2) is 7.20. The van der Waals surface area contributed by atoms with Gasteiger partial charge in [0, 0.05) is 16.6 Å². The number of aromatic hydroxyl groups is 1. The molecule has 0 aromatic heterocycles. The molecule has 5 N–H and O–H groups in total. The van der Waals surface area contributed by atoms with Gasteiger partial charge in [-0.15, -0.1) is 12.4 Å². The van der Waals surface area contributed by atoms with Crippen LogP contribution >= 0.6 is 35.6 Å². The van der Waals surface area contributed by atoms with E-state index in [1.165, 1.54) is 6.07 Å². The van der Waals surface area contributed by atoms with Crippen LogP contribution in [0.2, 0.25) is 10.0 Å². The molecule has 0 aliphatic heterocycles. The van der Waals surface area contributed by atoms with Crippen LogP contribution in [0.15, 0.2) is 12.1 Å². The molecule has 1 aromatic carbocycles. The number of halogens is 3. The van der Waals surface area contributed by atoms with E-state index in [1.54, 1.807) is 6.07 Å². The van der Waals surface area contributed by atoms with Crippen LogP contribution in [0.1, 0.15) is 24.4 Å². The first-order valence-electron chi connectivity index (χ1n) is 4.69. The molecule has 0 radical (unpaired) electrons. The van der Waals surface area contributed by atoms with Crippen molar-refractivity contribution in [1.82, 2.24) is 0 Å². The van der Waals surface area contributed by atoms with Crippen LogP contribution in [0.25, 0.3) is 0 Å². The molecular formula is C10H15Cl3N2O. The summed E-state index contributed by atoms with van der Waals surface area (Å²) in [7, 11) is 0. The topological polar surface area (TPSA) is 72.3 Å². The SMILES string of the molecule is Cl.NCCC[C@@H](N)c1cc(Cl)cc(Cl)c1O. The van der Waals surface area contributed by atoms with E-state index in [2.05, 4.69) is 0 Å². The highest BCUT2D eigenvalue weighted by Crippen LogP contribution is 2.35. The second-order valence-electron chi connectivity index (χ2n) is 3.36. The molecule has 16 heavy (non-hydrogen) atoms. The minimum atomic E-state index is -0.287. The van der Waals surface area contributed by atoms with Crippen molar-refractivity contribution >= 4 is 35.6 Å². The molecular weight excluding hydrogens is 270 g/mol. The van der Waals surface area contributed by atoms with Crippen molar-refractivity contribution < 1.29 is 5.11 Å². The van der Waals surface area contributed by atoms with Gasteiger partial charge >= 0.3 is 0 Å². The first-order valence-corrected chi connectivity index (χ1v) is 5.45. The Bertz CT molecular complexity index is 347. The molecule has 0 heterocycles. The maximum absolute atomic E-state index is 9.69. The van der Waals surface area contributed by atoms with E-state index in [4.69, 9.17) is 34.7 Å². The van der Waals surface area contributed by atoms with Crippen LogP contribution in [0.4, 0.5) is 0 Å². The average Bonchev–Trinajstić information content (AvgIpc) is 2.19. The summed E-state index contributed by atoms with van der Waals surface area (Å²) >= 11 is 11.6. The van der Waals surface area contributed by atoms with Crippen molar-refractivity contribution in [2.24, 2.45) is 11.5 Å². The van der Waals surface area contributed by atoms with Gasteiger partial charge in [0.25, 0.3) is 0 Å². The highest BCUT2D eigenvalue weighted by molar-refractivity contribution is 6.35. The average molecular weight is 286 g/mol. The molecule has 0 unspecified atom stereocenters. The lowest BCUT2D eigenvalue weighted by atomic mass is 10.0. The van der Waals surface area contributed by atoms with Gasteiger partial charge in [-0.25, -0.2) is 0 Å². The van der Waals surface area contributed by atoms with Crippen LogP contribution < -0.4 is 11.5 Å². The molecule has 3 nitrogen and oxygen atoms in total. The first-order chi connectivity index (χ1) is 7.06. The van der Waals surface area contributed by atoms with Gasteiger partial charge < -0.3 is 16.6 Å². The molecule has 0 saturated carbocycles. The molecule has 6 heteroatoms. The van der Waals surface area contributed by atoms with Crippen molar-refractivity contribution in [3.8, 4) is 5.75 Å². The fraction of sp³-hybridized carbons (Fsp3) is 0.400. The Morgan fingerprint density at radius 3 is 2.50 bits per heavy atom. The standard InChI is InChI=1S/C10H14Cl2N2O.ClH/c11-6-4-7(9(14)2-1-3-13)10(15)8(12)5-6;/h4-5,9,15H,1-3,13-14H2;1H/t9-;/m1./s1. The minimum absolute atomic E-state index is 0. The Hall–Kier alpha value is -0.190. The largest absolute Gasteiger partial charge is 0.506 e. The third kappa shape index (κ3) is 4.00. The number of nitrogens with two attached hydrogens (primary N) is 2. The smallest absolute Gasteiger partial charge is 0.139 e. The predicted molar refractivity (Wildman–Crippen MR) is 70.6 cm³/mol. The highest BCUT2D eigenvalue weighted by atomic mass is 35.5. The fourth-order valence-corrected chi connectivity index (χ4v) is 1.87. The number of phenols is 1. The van der Waals surface area contributed by atoms with E-state index < -0.39 is 0 Å². The van der Waals surface area contributed by atoms with E-state index in [1.807, 2.05) is 0 Å². The summed E-state index contributed by atoms with van der Waals surface area (Å²) in [5, 5.41) is 10.4. The molecule has 0 spiro atoms. The first kappa shape index (κ1) is 15.8. The maximum Gasteiger partial charge on any atom is 0.139 e. The molecule has 0 fully saturated rings. The molecule has 92 valence electrons. The number of hydrogen-bond acceptors (Lipinski definition) is 3. The van der Waals surface area contributed by atoms with Crippen molar-refractivity contribution in [2.75, 3.05) is 6.54 Å². The molecule has 1 rings (SSSR count). The van der Waals surface area contributed by atoms with E-state index in [-0.39, 0.29) is 29.2 Å². The lowest BCUT2D eigenvalue weighted by Gasteiger charge is -2.14. The van der Waals surface area contributed by atoms with Crippen molar-refractivity contribution in [2.45, 2.75) is 18.9 Å². The minimum Gasteiger partial charge on any atom is -0.506 e. The normalized spacial score (nSPS) is 12.0.